The van der Waals surface area contributed by atoms with Crippen LogP contribution in [0.4, 0.5) is 15.8 Å². The molecular weight excluding hydrogens is 407 g/mol. The van der Waals surface area contributed by atoms with Crippen molar-refractivity contribution < 1.29 is 18.7 Å². The van der Waals surface area contributed by atoms with Crippen LogP contribution in [0, 0.1) is 11.7 Å². The van der Waals surface area contributed by atoms with Crippen molar-refractivity contribution in [2.24, 2.45) is 5.92 Å². The first-order chi connectivity index (χ1) is 15.5. The molecule has 0 aromatic heterocycles. The molecule has 0 saturated carbocycles. The lowest BCUT2D eigenvalue weighted by molar-refractivity contribution is -0.118. The van der Waals surface area contributed by atoms with E-state index < -0.39 is 0 Å². The number of hydrogen-bond acceptors (Lipinski definition) is 4. The van der Waals surface area contributed by atoms with Gasteiger partial charge in [0.2, 0.25) is 5.91 Å². The third-order valence-corrected chi connectivity index (χ3v) is 4.85. The van der Waals surface area contributed by atoms with Gasteiger partial charge in [0, 0.05) is 35.0 Å². The maximum atomic E-state index is 14.0. The summed E-state index contributed by atoms with van der Waals surface area (Å²) in [6.07, 6.45) is 0. The number of carbonyl (C=O) groups excluding carboxylic acids is 1. The van der Waals surface area contributed by atoms with Crippen LogP contribution in [-0.2, 0) is 17.9 Å². The Kier molecular flexibility index (Phi) is 8.08. The topological polar surface area (TPSA) is 59.6 Å². The van der Waals surface area contributed by atoms with Gasteiger partial charge in [-0.2, -0.15) is 0 Å². The van der Waals surface area contributed by atoms with Gasteiger partial charge in [-0.15, -0.1) is 0 Å². The van der Waals surface area contributed by atoms with Gasteiger partial charge in [-0.1, -0.05) is 44.2 Å². The van der Waals surface area contributed by atoms with Crippen molar-refractivity contribution in [3.05, 3.63) is 83.7 Å². The highest BCUT2D eigenvalue weighted by Crippen LogP contribution is 2.33. The standard InChI is InChI=1S/C26H29FN2O3/c1-4-31-24-11-7-9-19(25(24)32-17-20-8-5-6-10-23(20)27)16-28-21-12-14-22(15-13-21)29-26(30)18(2)3/h5-15,18,28H,4,16-17H2,1-3H3,(H,29,30). The molecule has 3 aromatic rings. The van der Waals surface area contributed by atoms with Gasteiger partial charge in [0.15, 0.2) is 11.5 Å². The zero-order valence-corrected chi connectivity index (χ0v) is 18.7. The Hall–Kier alpha value is -3.54. The first kappa shape index (κ1) is 23.1. The van der Waals surface area contributed by atoms with Gasteiger partial charge in [0.25, 0.3) is 0 Å². The molecule has 0 saturated heterocycles. The molecule has 0 bridgehead atoms. The lowest BCUT2D eigenvalue weighted by Gasteiger charge is -2.17. The SMILES string of the molecule is CCOc1cccc(CNc2ccc(NC(=O)C(C)C)cc2)c1OCc1ccccc1F. The van der Waals surface area contributed by atoms with E-state index in [0.717, 1.165) is 16.9 Å². The summed E-state index contributed by atoms with van der Waals surface area (Å²) < 4.78 is 25.8. The molecule has 3 aromatic carbocycles. The average molecular weight is 437 g/mol. The van der Waals surface area contributed by atoms with E-state index in [1.165, 1.54) is 6.07 Å². The normalized spacial score (nSPS) is 10.7. The van der Waals surface area contributed by atoms with Gasteiger partial charge in [0.05, 0.1) is 6.61 Å². The summed E-state index contributed by atoms with van der Waals surface area (Å²) >= 11 is 0. The predicted molar refractivity (Wildman–Crippen MR) is 126 cm³/mol. The smallest absolute Gasteiger partial charge is 0.226 e. The van der Waals surface area contributed by atoms with Crippen molar-refractivity contribution in [2.45, 2.75) is 33.9 Å². The molecule has 168 valence electrons. The minimum absolute atomic E-state index is 0.0184. The number of rotatable bonds is 10. The summed E-state index contributed by atoms with van der Waals surface area (Å²) in [5, 5.41) is 6.24. The highest BCUT2D eigenvalue weighted by Gasteiger charge is 2.13. The number of carbonyl (C=O) groups is 1. The Balaban J connectivity index is 1.71. The van der Waals surface area contributed by atoms with Crippen molar-refractivity contribution >= 4 is 17.3 Å². The van der Waals surface area contributed by atoms with Crippen LogP contribution in [0.15, 0.2) is 66.7 Å². The Morgan fingerprint density at radius 3 is 2.28 bits per heavy atom. The van der Waals surface area contributed by atoms with Crippen LogP contribution < -0.4 is 20.1 Å². The van der Waals surface area contributed by atoms with Gasteiger partial charge in [-0.25, -0.2) is 4.39 Å². The number of amides is 1. The molecule has 0 aliphatic heterocycles. The highest BCUT2D eigenvalue weighted by atomic mass is 19.1. The first-order valence-corrected chi connectivity index (χ1v) is 10.7. The minimum Gasteiger partial charge on any atom is -0.490 e. The minimum atomic E-state index is -0.300. The van der Waals surface area contributed by atoms with E-state index in [4.69, 9.17) is 9.47 Å². The molecule has 0 atom stereocenters. The van der Waals surface area contributed by atoms with Gasteiger partial charge < -0.3 is 20.1 Å². The number of benzene rings is 3. The van der Waals surface area contributed by atoms with Crippen LogP contribution in [0.1, 0.15) is 31.9 Å². The third-order valence-electron chi connectivity index (χ3n) is 4.85. The fourth-order valence-corrected chi connectivity index (χ4v) is 3.05. The molecular formula is C26H29FN2O3. The number of para-hydroxylation sites is 1. The van der Waals surface area contributed by atoms with E-state index in [9.17, 15) is 9.18 Å². The Morgan fingerprint density at radius 1 is 0.906 bits per heavy atom. The molecule has 0 aliphatic carbocycles. The van der Waals surface area contributed by atoms with E-state index >= 15 is 0 Å². The zero-order valence-electron chi connectivity index (χ0n) is 18.7. The summed E-state index contributed by atoms with van der Waals surface area (Å²) in [6, 6.07) is 19.8. The Morgan fingerprint density at radius 2 is 1.59 bits per heavy atom. The summed E-state index contributed by atoms with van der Waals surface area (Å²) in [5.74, 6) is 0.815. The molecule has 0 radical (unpaired) electrons. The molecule has 32 heavy (non-hydrogen) atoms. The first-order valence-electron chi connectivity index (χ1n) is 10.7. The van der Waals surface area contributed by atoms with E-state index in [2.05, 4.69) is 10.6 Å². The number of ether oxygens (including phenoxy) is 2. The predicted octanol–water partition coefficient (Wildman–Crippen LogP) is 6.01. The van der Waals surface area contributed by atoms with Crippen LogP contribution >= 0.6 is 0 Å². The number of anilines is 2. The van der Waals surface area contributed by atoms with Gasteiger partial charge in [0.1, 0.15) is 12.4 Å². The van der Waals surface area contributed by atoms with Gasteiger partial charge in [-0.3, -0.25) is 4.79 Å². The molecule has 5 nitrogen and oxygen atoms in total. The van der Waals surface area contributed by atoms with Crippen LogP contribution in [0.5, 0.6) is 11.5 Å². The summed E-state index contributed by atoms with van der Waals surface area (Å²) in [5.41, 5.74) is 3.03. The van der Waals surface area contributed by atoms with Crippen molar-refractivity contribution in [1.29, 1.82) is 0 Å². The van der Waals surface area contributed by atoms with E-state index in [1.54, 1.807) is 18.2 Å². The third kappa shape index (κ3) is 6.23. The van der Waals surface area contributed by atoms with E-state index in [0.29, 0.717) is 30.2 Å². The zero-order chi connectivity index (χ0) is 22.9. The van der Waals surface area contributed by atoms with Crippen LogP contribution in [-0.4, -0.2) is 12.5 Å². The second-order valence-electron chi connectivity index (χ2n) is 7.63. The van der Waals surface area contributed by atoms with Crippen molar-refractivity contribution in [3.63, 3.8) is 0 Å². The highest BCUT2D eigenvalue weighted by molar-refractivity contribution is 5.92. The molecule has 0 heterocycles. The van der Waals surface area contributed by atoms with E-state index in [1.807, 2.05) is 63.2 Å². The largest absolute Gasteiger partial charge is 0.490 e. The van der Waals surface area contributed by atoms with Crippen LogP contribution in [0.2, 0.25) is 0 Å². The lowest BCUT2D eigenvalue weighted by atomic mass is 10.1. The monoisotopic (exact) mass is 436 g/mol. The Labute approximate surface area is 188 Å². The maximum Gasteiger partial charge on any atom is 0.226 e. The maximum absolute atomic E-state index is 14.0. The molecule has 0 spiro atoms. The van der Waals surface area contributed by atoms with Gasteiger partial charge in [-0.05, 0) is 43.3 Å². The van der Waals surface area contributed by atoms with Crippen LogP contribution in [0.3, 0.4) is 0 Å². The summed E-state index contributed by atoms with van der Waals surface area (Å²) in [7, 11) is 0. The number of nitrogens with one attached hydrogen (secondary N) is 2. The van der Waals surface area contributed by atoms with Crippen molar-refractivity contribution in [3.8, 4) is 11.5 Å². The quantitative estimate of drug-likeness (QED) is 0.409. The number of halogens is 1. The molecule has 3 rings (SSSR count). The summed E-state index contributed by atoms with van der Waals surface area (Å²) in [4.78, 5) is 11.8. The van der Waals surface area contributed by atoms with Crippen molar-refractivity contribution in [1.82, 2.24) is 0 Å². The summed E-state index contributed by atoms with van der Waals surface area (Å²) in [6.45, 7) is 6.71. The molecule has 0 unspecified atom stereocenters. The van der Waals surface area contributed by atoms with Crippen molar-refractivity contribution in [2.75, 3.05) is 17.2 Å². The fraction of sp³-hybridized carbons (Fsp3) is 0.269. The molecule has 1 amide bonds. The molecule has 0 fully saturated rings. The second-order valence-corrected chi connectivity index (χ2v) is 7.63. The Bertz CT molecular complexity index is 1040. The average Bonchev–Trinajstić information content (AvgIpc) is 2.79. The molecule has 2 N–H and O–H groups in total. The molecule has 0 aliphatic rings. The second kappa shape index (κ2) is 11.2. The fourth-order valence-electron chi connectivity index (χ4n) is 3.05. The van der Waals surface area contributed by atoms with Gasteiger partial charge >= 0.3 is 0 Å². The lowest BCUT2D eigenvalue weighted by Crippen LogP contribution is -2.17. The van der Waals surface area contributed by atoms with E-state index in [-0.39, 0.29) is 24.2 Å². The number of hydrogen-bond donors (Lipinski definition) is 2. The van der Waals surface area contributed by atoms with Crippen LogP contribution in [0.25, 0.3) is 0 Å². The molecule has 6 heteroatoms.